The lowest BCUT2D eigenvalue weighted by Crippen LogP contribution is -2.35. The fourth-order valence-corrected chi connectivity index (χ4v) is 5.74. The number of nitrogens with two attached hydrogens (primary N) is 1. The fraction of sp³-hybridized carbons (Fsp3) is 0.571. The molecule has 0 radical (unpaired) electrons. The van der Waals surface area contributed by atoms with Crippen LogP contribution < -0.4 is 5.73 Å². The fourth-order valence-electron chi connectivity index (χ4n) is 2.85. The molecule has 1 saturated heterocycles. The van der Waals surface area contributed by atoms with Crippen molar-refractivity contribution in [2.75, 3.05) is 13.1 Å². The van der Waals surface area contributed by atoms with Gasteiger partial charge in [0.15, 0.2) is 0 Å². The predicted octanol–water partition coefficient (Wildman–Crippen LogP) is 2.97. The Bertz CT molecular complexity index is 635. The third-order valence-corrected chi connectivity index (χ3v) is 7.24. The Kier molecular flexibility index (Phi) is 4.90. The summed E-state index contributed by atoms with van der Waals surface area (Å²) in [6.07, 6.45) is 0.770. The maximum absolute atomic E-state index is 13.0. The molecule has 118 valence electrons. The molecule has 4 nitrogen and oxygen atoms in total. The van der Waals surface area contributed by atoms with Crippen LogP contribution in [-0.2, 0) is 10.0 Å². The van der Waals surface area contributed by atoms with Gasteiger partial charge in [-0.05, 0) is 56.8 Å². The van der Waals surface area contributed by atoms with E-state index in [1.54, 1.807) is 19.9 Å². The summed E-state index contributed by atoms with van der Waals surface area (Å²) in [4.78, 5) is 0.124. The van der Waals surface area contributed by atoms with Crippen LogP contribution in [0.3, 0.4) is 0 Å². The molecule has 2 N–H and O–H groups in total. The van der Waals surface area contributed by atoms with E-state index in [1.807, 2.05) is 6.92 Å². The van der Waals surface area contributed by atoms with Gasteiger partial charge in [0.1, 0.15) is 4.90 Å². The van der Waals surface area contributed by atoms with Crippen molar-refractivity contribution in [3.05, 3.63) is 27.2 Å². The number of aryl methyl sites for hydroxylation is 1. The molecule has 1 aliphatic rings. The number of rotatable bonds is 3. The van der Waals surface area contributed by atoms with Gasteiger partial charge >= 0.3 is 0 Å². The average Bonchev–Trinajstić information content (AvgIpc) is 2.78. The van der Waals surface area contributed by atoms with E-state index in [4.69, 9.17) is 28.9 Å². The van der Waals surface area contributed by atoms with E-state index in [1.165, 1.54) is 4.31 Å². The Morgan fingerprint density at radius 2 is 2.00 bits per heavy atom. The molecule has 0 aliphatic carbocycles. The van der Waals surface area contributed by atoms with E-state index in [-0.39, 0.29) is 21.9 Å². The van der Waals surface area contributed by atoms with Crippen LogP contribution in [0.25, 0.3) is 0 Å². The van der Waals surface area contributed by atoms with Crippen LogP contribution in [0.2, 0.25) is 10.0 Å². The zero-order chi connectivity index (χ0) is 15.9. The molecular formula is C14H20Cl2N2O2S. The molecule has 0 amide bonds. The maximum atomic E-state index is 13.0. The van der Waals surface area contributed by atoms with Gasteiger partial charge in [0.25, 0.3) is 0 Å². The van der Waals surface area contributed by atoms with Crippen LogP contribution in [0.1, 0.15) is 24.5 Å². The second kappa shape index (κ2) is 6.05. The summed E-state index contributed by atoms with van der Waals surface area (Å²) in [6.45, 7) is 6.25. The van der Waals surface area contributed by atoms with Crippen molar-refractivity contribution in [1.82, 2.24) is 4.31 Å². The summed E-state index contributed by atoms with van der Waals surface area (Å²) < 4.78 is 27.5. The largest absolute Gasteiger partial charge is 0.330 e. The van der Waals surface area contributed by atoms with Gasteiger partial charge in [-0.15, -0.1) is 0 Å². The molecule has 2 unspecified atom stereocenters. The van der Waals surface area contributed by atoms with Crippen LogP contribution in [-0.4, -0.2) is 31.9 Å². The third kappa shape index (κ3) is 2.94. The standard InChI is InChI=1S/C14H20Cl2N2O2S/c1-8-4-12(15)10(3)14(13(8)16)21(19,20)18-7-11(6-17)5-9(18)2/h4,9,11H,5-7,17H2,1-3H3. The van der Waals surface area contributed by atoms with Gasteiger partial charge in [0.2, 0.25) is 10.0 Å². The SMILES string of the molecule is Cc1cc(Cl)c(C)c(S(=O)(=O)N2CC(CN)CC2C)c1Cl. The lowest BCUT2D eigenvalue weighted by Gasteiger charge is -2.23. The normalized spacial score (nSPS) is 23.7. The van der Waals surface area contributed by atoms with Gasteiger partial charge in [-0.1, -0.05) is 23.2 Å². The number of benzene rings is 1. The topological polar surface area (TPSA) is 63.4 Å². The second-order valence-corrected chi connectivity index (χ2v) is 8.32. The van der Waals surface area contributed by atoms with Crippen LogP contribution in [0.5, 0.6) is 0 Å². The summed E-state index contributed by atoms with van der Waals surface area (Å²) in [6, 6.07) is 1.60. The van der Waals surface area contributed by atoms with E-state index in [0.717, 1.165) is 6.42 Å². The first kappa shape index (κ1) is 17.0. The molecule has 1 aliphatic heterocycles. The molecular weight excluding hydrogens is 331 g/mol. The molecule has 1 aromatic carbocycles. The highest BCUT2D eigenvalue weighted by Gasteiger charge is 2.39. The predicted molar refractivity (Wildman–Crippen MR) is 86.5 cm³/mol. The van der Waals surface area contributed by atoms with E-state index < -0.39 is 10.0 Å². The van der Waals surface area contributed by atoms with Crippen molar-refractivity contribution in [2.24, 2.45) is 11.7 Å². The van der Waals surface area contributed by atoms with Crippen molar-refractivity contribution >= 4 is 33.2 Å². The first-order chi connectivity index (χ1) is 9.70. The Morgan fingerprint density at radius 3 is 2.52 bits per heavy atom. The van der Waals surface area contributed by atoms with Gasteiger partial charge in [-0.25, -0.2) is 8.42 Å². The molecule has 0 aromatic heterocycles. The lowest BCUT2D eigenvalue weighted by atomic mass is 10.1. The van der Waals surface area contributed by atoms with Crippen molar-refractivity contribution < 1.29 is 8.42 Å². The monoisotopic (exact) mass is 350 g/mol. The van der Waals surface area contributed by atoms with Gasteiger partial charge in [-0.3, -0.25) is 0 Å². The van der Waals surface area contributed by atoms with Crippen molar-refractivity contribution in [2.45, 2.75) is 38.1 Å². The molecule has 0 saturated carbocycles. The Balaban J connectivity index is 2.56. The highest BCUT2D eigenvalue weighted by atomic mass is 35.5. The quantitative estimate of drug-likeness (QED) is 0.911. The van der Waals surface area contributed by atoms with E-state index >= 15 is 0 Å². The summed E-state index contributed by atoms with van der Waals surface area (Å²) in [7, 11) is -3.68. The van der Waals surface area contributed by atoms with Crippen molar-refractivity contribution in [3.63, 3.8) is 0 Å². The first-order valence-corrected chi connectivity index (χ1v) is 9.06. The molecule has 0 bridgehead atoms. The minimum absolute atomic E-state index is 0.0849. The van der Waals surface area contributed by atoms with E-state index in [2.05, 4.69) is 0 Å². The molecule has 2 atom stereocenters. The van der Waals surface area contributed by atoms with E-state index in [9.17, 15) is 8.42 Å². The minimum atomic E-state index is -3.68. The second-order valence-electron chi connectivity index (χ2n) is 5.70. The summed E-state index contributed by atoms with van der Waals surface area (Å²) >= 11 is 12.4. The lowest BCUT2D eigenvalue weighted by molar-refractivity contribution is 0.404. The molecule has 0 spiro atoms. The van der Waals surface area contributed by atoms with Gasteiger partial charge in [0.05, 0.1) is 5.02 Å². The third-order valence-electron chi connectivity index (χ3n) is 4.09. The van der Waals surface area contributed by atoms with E-state index in [0.29, 0.717) is 29.2 Å². The first-order valence-electron chi connectivity index (χ1n) is 6.87. The molecule has 7 heteroatoms. The summed E-state index contributed by atoms with van der Waals surface area (Å²) in [5.41, 5.74) is 6.84. The zero-order valence-electron chi connectivity index (χ0n) is 12.4. The van der Waals surface area contributed by atoms with Crippen LogP contribution >= 0.6 is 23.2 Å². The minimum Gasteiger partial charge on any atom is -0.330 e. The molecule has 2 rings (SSSR count). The number of hydrogen-bond acceptors (Lipinski definition) is 3. The summed E-state index contributed by atoms with van der Waals surface area (Å²) in [5, 5.41) is 0.665. The van der Waals surface area contributed by atoms with Gasteiger partial charge in [0, 0.05) is 17.6 Å². The summed E-state index contributed by atoms with van der Waals surface area (Å²) in [5.74, 6) is 0.189. The highest BCUT2D eigenvalue weighted by molar-refractivity contribution is 7.89. The van der Waals surface area contributed by atoms with Crippen LogP contribution in [0.15, 0.2) is 11.0 Å². The Labute approximate surface area is 136 Å². The number of nitrogens with zero attached hydrogens (tertiary/aromatic N) is 1. The van der Waals surface area contributed by atoms with Crippen LogP contribution in [0.4, 0.5) is 0 Å². The molecule has 1 fully saturated rings. The number of hydrogen-bond donors (Lipinski definition) is 1. The zero-order valence-corrected chi connectivity index (χ0v) is 14.7. The van der Waals surface area contributed by atoms with Crippen molar-refractivity contribution in [3.8, 4) is 0 Å². The van der Waals surface area contributed by atoms with Crippen LogP contribution in [0, 0.1) is 19.8 Å². The molecule has 21 heavy (non-hydrogen) atoms. The molecule has 1 heterocycles. The maximum Gasteiger partial charge on any atom is 0.245 e. The van der Waals surface area contributed by atoms with Gasteiger partial charge < -0.3 is 5.73 Å². The molecule has 1 aromatic rings. The Hall–Kier alpha value is -0.330. The average molecular weight is 351 g/mol. The number of sulfonamides is 1. The number of halogens is 2. The Morgan fingerprint density at radius 1 is 1.38 bits per heavy atom. The smallest absolute Gasteiger partial charge is 0.245 e. The van der Waals surface area contributed by atoms with Crippen molar-refractivity contribution in [1.29, 1.82) is 0 Å². The van der Waals surface area contributed by atoms with Gasteiger partial charge in [-0.2, -0.15) is 4.31 Å². The highest BCUT2D eigenvalue weighted by Crippen LogP contribution is 2.38.